The van der Waals surface area contributed by atoms with E-state index < -0.39 is 40.4 Å². The Morgan fingerprint density at radius 1 is 0.946 bits per heavy atom. The van der Waals surface area contributed by atoms with Gasteiger partial charge in [-0.2, -0.15) is 31.4 Å². The molecule has 1 N–H and O–H groups in total. The average Bonchev–Trinajstić information content (AvgIpc) is 3.48. The number of thioether (sulfide) groups is 1. The molecule has 37 heavy (non-hydrogen) atoms. The molecule has 7 nitrogen and oxygen atoms in total. The highest BCUT2D eigenvalue weighted by molar-refractivity contribution is 7.99. The largest absolute Gasteiger partial charge is 0.427 e. The van der Waals surface area contributed by atoms with Crippen molar-refractivity contribution in [2.24, 2.45) is 0 Å². The summed E-state index contributed by atoms with van der Waals surface area (Å²) in [6.45, 7) is -0.109. The summed E-state index contributed by atoms with van der Waals surface area (Å²) in [6, 6.07) is 8.60. The van der Waals surface area contributed by atoms with Crippen molar-refractivity contribution in [2.45, 2.75) is 29.5 Å². The highest BCUT2D eigenvalue weighted by Crippen LogP contribution is 2.46. The van der Waals surface area contributed by atoms with Crippen LogP contribution in [0.4, 0.5) is 35.1 Å². The number of alkyl halides is 6. The van der Waals surface area contributed by atoms with E-state index in [9.17, 15) is 40.2 Å². The highest BCUT2D eigenvalue weighted by atomic mass is 32.2. The van der Waals surface area contributed by atoms with Gasteiger partial charge in [0.15, 0.2) is 11.6 Å². The lowest BCUT2D eigenvalue weighted by molar-refractivity contribution is -0.358. The summed E-state index contributed by atoms with van der Waals surface area (Å²) < 4.78 is 112. The van der Waals surface area contributed by atoms with Crippen molar-refractivity contribution in [3.05, 3.63) is 66.1 Å². The maximum Gasteiger partial charge on any atom is 0.427 e. The molecule has 4 rings (SSSR count). The van der Waals surface area contributed by atoms with Crippen molar-refractivity contribution in [3.8, 4) is 22.9 Å². The molecular weight excluding hydrogens is 538 g/mol. The predicted octanol–water partition coefficient (Wildman–Crippen LogP) is 5.27. The van der Waals surface area contributed by atoms with Crippen LogP contribution in [0.25, 0.3) is 22.9 Å². The maximum atomic E-state index is 14.2. The third-order valence-corrected chi connectivity index (χ3v) is 6.18. The number of aliphatic hydroxyl groups is 1. The van der Waals surface area contributed by atoms with Crippen LogP contribution in [0.3, 0.4) is 0 Å². The standard InChI is InChI=1S/C21H13F8N5O2S/c22-12-4-2-1-3-11(12)9-34-16(14-5-6-36-33-14)7-15(32-34)17-30-8-13(23)18(31-17)37-10-19(35,20(24,25)26)21(27,28)29/h1-8,35H,9-10H2. The molecule has 16 heteroatoms. The van der Waals surface area contributed by atoms with E-state index in [-0.39, 0.29) is 46.8 Å². The molecule has 1 aromatic carbocycles. The van der Waals surface area contributed by atoms with E-state index in [0.29, 0.717) is 6.20 Å². The first kappa shape index (κ1) is 26.5. The topological polar surface area (TPSA) is 89.9 Å². The first-order valence-electron chi connectivity index (χ1n) is 10.0. The summed E-state index contributed by atoms with van der Waals surface area (Å²) in [5, 5.41) is 16.5. The molecule has 0 aliphatic carbocycles. The average molecular weight is 551 g/mol. The molecule has 0 aliphatic heterocycles. The second kappa shape index (κ2) is 9.74. The molecule has 0 atom stereocenters. The normalized spacial score (nSPS) is 12.8. The Hall–Kier alpha value is -3.53. The number of hydrogen-bond acceptors (Lipinski definition) is 7. The maximum absolute atomic E-state index is 14.2. The predicted molar refractivity (Wildman–Crippen MR) is 112 cm³/mol. The molecular formula is C21H13F8N5O2S. The molecule has 3 aromatic heterocycles. The molecule has 196 valence electrons. The first-order chi connectivity index (χ1) is 17.3. The minimum absolute atomic E-state index is 0.0712. The Kier molecular flexibility index (Phi) is 6.98. The fourth-order valence-corrected chi connectivity index (χ4v) is 4.07. The van der Waals surface area contributed by atoms with Gasteiger partial charge in [-0.3, -0.25) is 4.68 Å². The van der Waals surface area contributed by atoms with Gasteiger partial charge in [-0.1, -0.05) is 35.1 Å². The van der Waals surface area contributed by atoms with Gasteiger partial charge in [0.25, 0.3) is 5.60 Å². The summed E-state index contributed by atoms with van der Waals surface area (Å²) in [4.78, 5) is 7.42. The third-order valence-electron chi connectivity index (χ3n) is 5.05. The summed E-state index contributed by atoms with van der Waals surface area (Å²) in [6.07, 6.45) is -10.4. The number of hydrogen-bond donors (Lipinski definition) is 1. The quantitative estimate of drug-likeness (QED) is 0.190. The third kappa shape index (κ3) is 5.29. The van der Waals surface area contributed by atoms with Crippen LogP contribution < -0.4 is 0 Å². The highest BCUT2D eigenvalue weighted by Gasteiger charge is 2.70. The molecule has 0 amide bonds. The van der Waals surface area contributed by atoms with Crippen LogP contribution >= 0.6 is 11.8 Å². The number of benzene rings is 1. The van der Waals surface area contributed by atoms with E-state index in [1.165, 1.54) is 41.3 Å². The molecule has 0 unspecified atom stereocenters. The Morgan fingerprint density at radius 2 is 1.65 bits per heavy atom. The van der Waals surface area contributed by atoms with E-state index in [2.05, 4.69) is 20.2 Å². The van der Waals surface area contributed by atoms with Crippen LogP contribution in [0, 0.1) is 11.6 Å². The van der Waals surface area contributed by atoms with Crippen molar-refractivity contribution >= 4 is 11.8 Å². The van der Waals surface area contributed by atoms with E-state index >= 15 is 0 Å². The minimum atomic E-state index is -6.08. The molecule has 0 bridgehead atoms. The SMILES string of the molecule is OC(CSc1nc(-c2cc(-c3ccon3)n(Cc3ccccc3F)n2)ncc1F)(C(F)(F)F)C(F)(F)F. The lowest BCUT2D eigenvalue weighted by Gasteiger charge is -2.31. The number of nitrogens with zero attached hydrogens (tertiary/aromatic N) is 5. The van der Waals surface area contributed by atoms with Gasteiger partial charge < -0.3 is 9.63 Å². The minimum Gasteiger partial charge on any atom is -0.373 e. The van der Waals surface area contributed by atoms with Gasteiger partial charge in [-0.05, 0) is 12.1 Å². The second-order valence-corrected chi connectivity index (χ2v) is 8.50. The zero-order valence-corrected chi connectivity index (χ0v) is 18.9. The van der Waals surface area contributed by atoms with Crippen LogP contribution in [0.1, 0.15) is 5.56 Å². The monoisotopic (exact) mass is 551 g/mol. The molecule has 0 fully saturated rings. The number of aromatic nitrogens is 5. The van der Waals surface area contributed by atoms with E-state index in [1.54, 1.807) is 6.07 Å². The summed E-state index contributed by atoms with van der Waals surface area (Å²) in [5.41, 5.74) is -4.41. The van der Waals surface area contributed by atoms with Crippen molar-refractivity contribution in [3.63, 3.8) is 0 Å². The number of halogens is 8. The molecule has 3 heterocycles. The molecule has 0 spiro atoms. The fourth-order valence-electron chi connectivity index (χ4n) is 3.06. The van der Waals surface area contributed by atoms with Gasteiger partial charge in [0.2, 0.25) is 0 Å². The van der Waals surface area contributed by atoms with Crippen LogP contribution in [0.15, 0.2) is 58.4 Å². The van der Waals surface area contributed by atoms with E-state index in [0.717, 1.165) is 0 Å². The first-order valence-corrected chi connectivity index (χ1v) is 11.0. The molecule has 0 aliphatic rings. The van der Waals surface area contributed by atoms with Crippen molar-refractivity contribution in [2.75, 3.05) is 5.75 Å². The Balaban J connectivity index is 1.69. The van der Waals surface area contributed by atoms with E-state index in [4.69, 9.17) is 4.52 Å². The van der Waals surface area contributed by atoms with Crippen molar-refractivity contribution < 1.29 is 44.8 Å². The van der Waals surface area contributed by atoms with Crippen LogP contribution in [0.5, 0.6) is 0 Å². The second-order valence-electron chi connectivity index (χ2n) is 7.54. The zero-order chi connectivity index (χ0) is 27.0. The Labute approximate surface area is 206 Å². The van der Waals surface area contributed by atoms with Crippen LogP contribution in [0.2, 0.25) is 0 Å². The van der Waals surface area contributed by atoms with Crippen molar-refractivity contribution in [1.82, 2.24) is 24.9 Å². The molecule has 0 radical (unpaired) electrons. The van der Waals surface area contributed by atoms with Gasteiger partial charge in [0.05, 0.1) is 18.4 Å². The molecule has 0 saturated carbocycles. The fraction of sp³-hybridized carbons (Fsp3) is 0.238. The summed E-state index contributed by atoms with van der Waals surface area (Å²) in [7, 11) is 0. The Morgan fingerprint density at radius 3 is 2.27 bits per heavy atom. The molecule has 0 saturated heterocycles. The van der Waals surface area contributed by atoms with E-state index in [1.807, 2.05) is 0 Å². The number of rotatable bonds is 7. The van der Waals surface area contributed by atoms with Gasteiger partial charge >= 0.3 is 12.4 Å². The van der Waals surface area contributed by atoms with Crippen molar-refractivity contribution in [1.29, 1.82) is 0 Å². The van der Waals surface area contributed by atoms with Gasteiger partial charge in [-0.25, -0.2) is 18.7 Å². The van der Waals surface area contributed by atoms with Gasteiger partial charge in [-0.15, -0.1) is 0 Å². The van der Waals surface area contributed by atoms with Gasteiger partial charge in [0.1, 0.15) is 28.5 Å². The summed E-state index contributed by atoms with van der Waals surface area (Å²) >= 11 is -0.298. The Bertz CT molecular complexity index is 1370. The van der Waals surface area contributed by atoms with Crippen LogP contribution in [-0.4, -0.2) is 53.7 Å². The lowest BCUT2D eigenvalue weighted by atomic mass is 10.1. The smallest absolute Gasteiger partial charge is 0.373 e. The van der Waals surface area contributed by atoms with Gasteiger partial charge in [0, 0.05) is 17.4 Å². The summed E-state index contributed by atoms with van der Waals surface area (Å²) in [5.74, 6) is -4.23. The lowest BCUT2D eigenvalue weighted by Crippen LogP contribution is -2.58. The molecule has 4 aromatic rings. The van der Waals surface area contributed by atoms with Crippen LogP contribution in [-0.2, 0) is 6.54 Å². The zero-order valence-electron chi connectivity index (χ0n) is 18.1.